The lowest BCUT2D eigenvalue weighted by Crippen LogP contribution is -1.76. The molecule has 0 fully saturated rings. The molecular weight excluding hydrogens is 99.5 g/mol. The molecule has 0 spiro atoms. The molecule has 0 saturated heterocycles. The average Bonchev–Trinajstić information content (AvgIpc) is 1.65. The van der Waals surface area contributed by atoms with Crippen molar-refractivity contribution in [1.29, 1.82) is 0 Å². The molecule has 0 aliphatic carbocycles. The molecule has 0 aromatic rings. The largest absolute Gasteiger partial charge is 0.511 e. The van der Waals surface area contributed by atoms with Gasteiger partial charge in [0, 0.05) is 0 Å². The molecule has 0 atom stereocenters. The molecule has 0 aromatic heterocycles. The third-order valence-electron chi connectivity index (χ3n) is 0.470. The van der Waals surface area contributed by atoms with E-state index in [-0.39, 0.29) is 11.6 Å². The maximum atomic E-state index is 8.40. The van der Waals surface area contributed by atoms with Gasteiger partial charge in [-0.25, -0.2) is 0 Å². The Labute approximate surface area is 42.2 Å². The second-order valence-electron chi connectivity index (χ2n) is 0.914. The number of hydrogen-bond donors (Lipinski definition) is 1. The highest BCUT2D eigenvalue weighted by Gasteiger charge is 1.78. The molecular formula is C4H7ClO. The molecule has 0 bridgehead atoms. The molecule has 0 radical (unpaired) electrons. The van der Waals surface area contributed by atoms with E-state index >= 15 is 0 Å². The van der Waals surface area contributed by atoms with Gasteiger partial charge in [0.05, 0.1) is 5.88 Å². The molecule has 6 heavy (non-hydrogen) atoms. The first-order chi connectivity index (χ1) is 2.81. The highest BCUT2D eigenvalue weighted by atomic mass is 35.5. The third kappa shape index (κ3) is 2.09. The highest BCUT2D eigenvalue weighted by Crippen LogP contribution is 1.87. The van der Waals surface area contributed by atoms with E-state index in [2.05, 4.69) is 0 Å². The van der Waals surface area contributed by atoms with Crippen LogP contribution in [0.1, 0.15) is 6.92 Å². The van der Waals surface area contributed by atoms with Crippen LogP contribution in [-0.4, -0.2) is 11.0 Å². The van der Waals surface area contributed by atoms with Gasteiger partial charge in [-0.3, -0.25) is 0 Å². The molecule has 0 amide bonds. The Balaban J connectivity index is 3.22. The fourth-order valence-corrected chi connectivity index (χ4v) is 0.231. The molecule has 0 aliphatic rings. The molecule has 0 rings (SSSR count). The topological polar surface area (TPSA) is 20.2 Å². The van der Waals surface area contributed by atoms with E-state index in [4.69, 9.17) is 16.7 Å². The predicted octanol–water partition coefficient (Wildman–Crippen LogP) is 1.69. The lowest BCUT2D eigenvalue weighted by atomic mass is 10.5. The van der Waals surface area contributed by atoms with Crippen LogP contribution in [0.5, 0.6) is 0 Å². The first-order valence-electron chi connectivity index (χ1n) is 1.71. The van der Waals surface area contributed by atoms with Crippen molar-refractivity contribution in [3.05, 3.63) is 11.8 Å². The number of allylic oxidation sites excluding steroid dienone is 2. The van der Waals surface area contributed by atoms with Gasteiger partial charge < -0.3 is 5.11 Å². The second-order valence-corrected chi connectivity index (χ2v) is 1.18. The van der Waals surface area contributed by atoms with Crippen LogP contribution < -0.4 is 0 Å². The van der Waals surface area contributed by atoms with Crippen LogP contribution in [-0.2, 0) is 0 Å². The van der Waals surface area contributed by atoms with Crippen LogP contribution in [0.15, 0.2) is 11.8 Å². The summed E-state index contributed by atoms with van der Waals surface area (Å²) in [5.41, 5.74) is 0. The first kappa shape index (κ1) is 5.83. The van der Waals surface area contributed by atoms with Crippen molar-refractivity contribution < 1.29 is 5.11 Å². The maximum Gasteiger partial charge on any atom is 0.103 e. The van der Waals surface area contributed by atoms with Gasteiger partial charge in [0.25, 0.3) is 0 Å². The molecule has 1 nitrogen and oxygen atoms in total. The summed E-state index contributed by atoms with van der Waals surface area (Å²) in [5.74, 6) is 0.452. The molecule has 0 unspecified atom stereocenters. The van der Waals surface area contributed by atoms with Crippen LogP contribution in [0.3, 0.4) is 0 Å². The zero-order valence-corrected chi connectivity index (χ0v) is 4.37. The summed E-state index contributed by atoms with van der Waals surface area (Å²) in [7, 11) is 0. The molecule has 2 heteroatoms. The summed E-state index contributed by atoms with van der Waals surface area (Å²) in [4.78, 5) is 0. The zero-order chi connectivity index (χ0) is 4.99. The number of rotatable bonds is 1. The van der Waals surface area contributed by atoms with Crippen LogP contribution >= 0.6 is 11.6 Å². The monoisotopic (exact) mass is 106 g/mol. The van der Waals surface area contributed by atoms with Gasteiger partial charge in [0.15, 0.2) is 0 Å². The van der Waals surface area contributed by atoms with E-state index in [0.29, 0.717) is 0 Å². The van der Waals surface area contributed by atoms with E-state index in [1.807, 2.05) is 0 Å². The Morgan fingerprint density at radius 2 is 2.50 bits per heavy atom. The SMILES string of the molecule is C/C=C(\O)CCl. The summed E-state index contributed by atoms with van der Waals surface area (Å²) < 4.78 is 0. The predicted molar refractivity (Wildman–Crippen MR) is 27.1 cm³/mol. The van der Waals surface area contributed by atoms with Crippen molar-refractivity contribution in [2.75, 3.05) is 5.88 Å². The number of halogens is 1. The maximum absolute atomic E-state index is 8.40. The smallest absolute Gasteiger partial charge is 0.103 e. The Morgan fingerprint density at radius 1 is 2.00 bits per heavy atom. The summed E-state index contributed by atoms with van der Waals surface area (Å²) >= 11 is 5.13. The summed E-state index contributed by atoms with van der Waals surface area (Å²) in [6, 6.07) is 0. The zero-order valence-electron chi connectivity index (χ0n) is 3.61. The van der Waals surface area contributed by atoms with Gasteiger partial charge >= 0.3 is 0 Å². The van der Waals surface area contributed by atoms with E-state index in [9.17, 15) is 0 Å². The molecule has 0 saturated carbocycles. The number of alkyl halides is 1. The Kier molecular flexibility index (Phi) is 2.95. The molecule has 36 valence electrons. The molecule has 0 aliphatic heterocycles. The summed E-state index contributed by atoms with van der Waals surface area (Å²) in [6.07, 6.45) is 1.56. The van der Waals surface area contributed by atoms with Gasteiger partial charge in [-0.2, -0.15) is 0 Å². The standard InChI is InChI=1S/C4H7ClO/c1-2-4(6)3-5/h2,6H,3H2,1H3/b4-2-. The highest BCUT2D eigenvalue weighted by molar-refractivity contribution is 6.19. The Bertz CT molecular complexity index is 58.6. The summed E-state index contributed by atoms with van der Waals surface area (Å²) in [5, 5.41) is 8.40. The fourth-order valence-electron chi connectivity index (χ4n) is 0.0772. The van der Waals surface area contributed by atoms with Crippen LogP contribution in [0.2, 0.25) is 0 Å². The van der Waals surface area contributed by atoms with Crippen molar-refractivity contribution in [2.24, 2.45) is 0 Å². The van der Waals surface area contributed by atoms with E-state index in [0.717, 1.165) is 0 Å². The lowest BCUT2D eigenvalue weighted by Gasteiger charge is -1.83. The van der Waals surface area contributed by atoms with Crippen LogP contribution in [0, 0.1) is 0 Å². The molecule has 0 aromatic carbocycles. The van der Waals surface area contributed by atoms with Gasteiger partial charge in [-0.05, 0) is 13.0 Å². The molecule has 0 heterocycles. The van der Waals surface area contributed by atoms with Crippen LogP contribution in [0.25, 0.3) is 0 Å². The van der Waals surface area contributed by atoms with Crippen LogP contribution in [0.4, 0.5) is 0 Å². The lowest BCUT2D eigenvalue weighted by molar-refractivity contribution is 0.415. The van der Waals surface area contributed by atoms with E-state index < -0.39 is 0 Å². The van der Waals surface area contributed by atoms with Crippen molar-refractivity contribution in [1.82, 2.24) is 0 Å². The van der Waals surface area contributed by atoms with Crippen molar-refractivity contribution >= 4 is 11.6 Å². The second kappa shape index (κ2) is 3.04. The quantitative estimate of drug-likeness (QED) is 0.398. The number of hydrogen-bond acceptors (Lipinski definition) is 1. The average molecular weight is 107 g/mol. The minimum atomic E-state index is 0.219. The van der Waals surface area contributed by atoms with Gasteiger partial charge in [-0.15, -0.1) is 11.6 Å². The normalized spacial score (nSPS) is 12.0. The van der Waals surface area contributed by atoms with Gasteiger partial charge in [0.2, 0.25) is 0 Å². The number of aliphatic hydroxyl groups is 1. The first-order valence-corrected chi connectivity index (χ1v) is 2.24. The van der Waals surface area contributed by atoms with Crippen molar-refractivity contribution in [3.8, 4) is 0 Å². The van der Waals surface area contributed by atoms with E-state index in [1.165, 1.54) is 0 Å². The Morgan fingerprint density at radius 3 is 2.50 bits per heavy atom. The van der Waals surface area contributed by atoms with E-state index in [1.54, 1.807) is 13.0 Å². The van der Waals surface area contributed by atoms with Gasteiger partial charge in [-0.1, -0.05) is 0 Å². The minimum absolute atomic E-state index is 0.219. The number of aliphatic hydroxyl groups excluding tert-OH is 1. The van der Waals surface area contributed by atoms with Crippen molar-refractivity contribution in [3.63, 3.8) is 0 Å². The van der Waals surface area contributed by atoms with Crippen molar-refractivity contribution in [2.45, 2.75) is 6.92 Å². The third-order valence-corrected chi connectivity index (χ3v) is 0.744. The van der Waals surface area contributed by atoms with Gasteiger partial charge in [0.1, 0.15) is 5.76 Å². The molecule has 1 N–H and O–H groups in total. The fraction of sp³-hybridized carbons (Fsp3) is 0.500. The minimum Gasteiger partial charge on any atom is -0.511 e. The summed E-state index contributed by atoms with van der Waals surface area (Å²) in [6.45, 7) is 1.73. The Hall–Kier alpha value is -0.170.